The van der Waals surface area contributed by atoms with Crippen molar-refractivity contribution in [3.05, 3.63) is 29.0 Å². The first-order valence-corrected chi connectivity index (χ1v) is 5.37. The number of anilines is 1. The highest BCUT2D eigenvalue weighted by Gasteiger charge is 2.06. The molecule has 1 aromatic carbocycles. The molecule has 3 nitrogen and oxygen atoms in total. The van der Waals surface area contributed by atoms with Gasteiger partial charge < -0.3 is 10.4 Å². The molecular formula is C11H13ClFNO2. The van der Waals surface area contributed by atoms with Gasteiger partial charge in [0.25, 0.3) is 0 Å². The van der Waals surface area contributed by atoms with E-state index < -0.39 is 5.82 Å². The topological polar surface area (TPSA) is 49.3 Å². The molecule has 2 N–H and O–H groups in total. The molecule has 0 radical (unpaired) electrons. The van der Waals surface area contributed by atoms with Crippen molar-refractivity contribution in [1.29, 1.82) is 0 Å². The van der Waals surface area contributed by atoms with E-state index >= 15 is 0 Å². The number of aliphatic hydroxyl groups excluding tert-OH is 1. The molecule has 0 unspecified atom stereocenters. The second-order valence-corrected chi connectivity index (χ2v) is 3.76. The van der Waals surface area contributed by atoms with Crippen LogP contribution in [0.5, 0.6) is 0 Å². The number of benzene rings is 1. The lowest BCUT2D eigenvalue weighted by Crippen LogP contribution is -2.11. The van der Waals surface area contributed by atoms with Gasteiger partial charge in [0.1, 0.15) is 5.82 Å². The Labute approximate surface area is 98.2 Å². The van der Waals surface area contributed by atoms with Crippen LogP contribution >= 0.6 is 11.6 Å². The SMILES string of the molecule is O=C(CCCCO)Nc1ccc(F)cc1Cl. The van der Waals surface area contributed by atoms with Gasteiger partial charge in [-0.25, -0.2) is 4.39 Å². The Hall–Kier alpha value is -1.13. The molecule has 0 saturated heterocycles. The first kappa shape index (κ1) is 12.9. The molecule has 0 aromatic heterocycles. The Morgan fingerprint density at radius 2 is 2.19 bits per heavy atom. The summed E-state index contributed by atoms with van der Waals surface area (Å²) < 4.78 is 12.7. The Bertz CT molecular complexity index is 371. The largest absolute Gasteiger partial charge is 0.396 e. The van der Waals surface area contributed by atoms with Gasteiger partial charge in [-0.3, -0.25) is 4.79 Å². The molecule has 0 fully saturated rings. The van der Waals surface area contributed by atoms with Gasteiger partial charge in [0.05, 0.1) is 10.7 Å². The maximum absolute atomic E-state index is 12.7. The van der Waals surface area contributed by atoms with Crippen molar-refractivity contribution in [1.82, 2.24) is 0 Å². The van der Waals surface area contributed by atoms with E-state index in [9.17, 15) is 9.18 Å². The number of rotatable bonds is 5. The number of nitrogens with one attached hydrogen (secondary N) is 1. The minimum absolute atomic E-state index is 0.0740. The second-order valence-electron chi connectivity index (χ2n) is 3.35. The average molecular weight is 246 g/mol. The number of carbonyl (C=O) groups excluding carboxylic acids is 1. The molecule has 0 atom stereocenters. The smallest absolute Gasteiger partial charge is 0.224 e. The van der Waals surface area contributed by atoms with E-state index in [4.69, 9.17) is 16.7 Å². The highest BCUT2D eigenvalue weighted by atomic mass is 35.5. The summed E-state index contributed by atoms with van der Waals surface area (Å²) in [5, 5.41) is 11.3. The molecule has 0 saturated carbocycles. The lowest BCUT2D eigenvalue weighted by Gasteiger charge is -2.06. The van der Waals surface area contributed by atoms with Crippen molar-refractivity contribution in [3.8, 4) is 0 Å². The number of amides is 1. The zero-order valence-electron chi connectivity index (χ0n) is 8.67. The minimum atomic E-state index is -0.441. The predicted molar refractivity (Wildman–Crippen MR) is 61.0 cm³/mol. The molecule has 16 heavy (non-hydrogen) atoms. The molecule has 0 aliphatic heterocycles. The van der Waals surface area contributed by atoms with E-state index in [0.717, 1.165) is 6.07 Å². The number of unbranched alkanes of at least 4 members (excludes halogenated alkanes) is 1. The number of hydrogen-bond acceptors (Lipinski definition) is 2. The molecule has 0 bridgehead atoms. The van der Waals surface area contributed by atoms with Crippen LogP contribution in [0.3, 0.4) is 0 Å². The van der Waals surface area contributed by atoms with Crippen LogP contribution in [0.15, 0.2) is 18.2 Å². The Morgan fingerprint density at radius 1 is 1.44 bits per heavy atom. The molecule has 0 heterocycles. The van der Waals surface area contributed by atoms with Crippen LogP contribution in [0.4, 0.5) is 10.1 Å². The Balaban J connectivity index is 2.49. The third-order valence-electron chi connectivity index (χ3n) is 2.02. The van der Waals surface area contributed by atoms with Gasteiger partial charge in [-0.2, -0.15) is 0 Å². The zero-order chi connectivity index (χ0) is 12.0. The highest BCUT2D eigenvalue weighted by Crippen LogP contribution is 2.22. The number of carbonyl (C=O) groups is 1. The third kappa shape index (κ3) is 4.16. The lowest BCUT2D eigenvalue weighted by atomic mass is 10.2. The molecule has 0 spiro atoms. The molecule has 1 aromatic rings. The summed E-state index contributed by atoms with van der Waals surface area (Å²) in [6, 6.07) is 3.79. The van der Waals surface area contributed by atoms with E-state index in [1.807, 2.05) is 0 Å². The highest BCUT2D eigenvalue weighted by molar-refractivity contribution is 6.33. The Kier molecular flexibility index (Phi) is 5.22. The first-order valence-electron chi connectivity index (χ1n) is 4.99. The van der Waals surface area contributed by atoms with Crippen molar-refractivity contribution in [2.45, 2.75) is 19.3 Å². The van der Waals surface area contributed by atoms with Crippen LogP contribution in [0, 0.1) is 5.82 Å². The van der Waals surface area contributed by atoms with Crippen molar-refractivity contribution < 1.29 is 14.3 Å². The first-order chi connectivity index (χ1) is 7.63. The molecular weight excluding hydrogens is 233 g/mol. The van der Waals surface area contributed by atoms with Crippen LogP contribution < -0.4 is 5.32 Å². The van der Waals surface area contributed by atoms with Gasteiger partial charge >= 0.3 is 0 Å². The van der Waals surface area contributed by atoms with Gasteiger partial charge in [-0.15, -0.1) is 0 Å². The zero-order valence-corrected chi connectivity index (χ0v) is 9.43. The molecule has 0 aliphatic carbocycles. The van der Waals surface area contributed by atoms with E-state index in [1.54, 1.807) is 0 Å². The summed E-state index contributed by atoms with van der Waals surface area (Å²) in [5.41, 5.74) is 0.400. The summed E-state index contributed by atoms with van der Waals surface area (Å²) >= 11 is 5.74. The van der Waals surface area contributed by atoms with Crippen LogP contribution in [0.25, 0.3) is 0 Å². The van der Waals surface area contributed by atoms with Crippen LogP contribution in [0.1, 0.15) is 19.3 Å². The van der Waals surface area contributed by atoms with E-state index in [0.29, 0.717) is 24.9 Å². The monoisotopic (exact) mass is 245 g/mol. The Morgan fingerprint density at radius 3 is 2.81 bits per heavy atom. The second kappa shape index (κ2) is 6.45. The number of hydrogen-bond donors (Lipinski definition) is 2. The molecule has 0 aliphatic rings. The fourth-order valence-corrected chi connectivity index (χ4v) is 1.42. The fourth-order valence-electron chi connectivity index (χ4n) is 1.20. The summed E-state index contributed by atoms with van der Waals surface area (Å²) in [6.07, 6.45) is 1.51. The van der Waals surface area contributed by atoms with Crippen LogP contribution in [-0.4, -0.2) is 17.6 Å². The molecule has 5 heteroatoms. The van der Waals surface area contributed by atoms with Crippen molar-refractivity contribution in [2.24, 2.45) is 0 Å². The maximum atomic E-state index is 12.7. The summed E-state index contributed by atoms with van der Waals surface area (Å²) in [6.45, 7) is 0.0740. The summed E-state index contributed by atoms with van der Waals surface area (Å²) in [7, 11) is 0. The van der Waals surface area contributed by atoms with Gasteiger partial charge in [0.15, 0.2) is 0 Å². The van der Waals surface area contributed by atoms with E-state index in [-0.39, 0.29) is 17.5 Å². The number of halogens is 2. The quantitative estimate of drug-likeness (QED) is 0.784. The van der Waals surface area contributed by atoms with Crippen LogP contribution in [0.2, 0.25) is 5.02 Å². The predicted octanol–water partition coefficient (Wildman–Crippen LogP) is 2.58. The van der Waals surface area contributed by atoms with Crippen molar-refractivity contribution in [3.63, 3.8) is 0 Å². The molecule has 1 amide bonds. The van der Waals surface area contributed by atoms with E-state index in [1.165, 1.54) is 12.1 Å². The summed E-state index contributed by atoms with van der Waals surface area (Å²) in [5.74, 6) is -0.634. The minimum Gasteiger partial charge on any atom is -0.396 e. The molecule has 1 rings (SSSR count). The third-order valence-corrected chi connectivity index (χ3v) is 2.33. The number of aliphatic hydroxyl groups is 1. The lowest BCUT2D eigenvalue weighted by molar-refractivity contribution is -0.116. The van der Waals surface area contributed by atoms with Crippen molar-refractivity contribution >= 4 is 23.2 Å². The average Bonchev–Trinajstić information content (AvgIpc) is 2.23. The van der Waals surface area contributed by atoms with E-state index in [2.05, 4.69) is 5.32 Å². The standard InChI is InChI=1S/C11H13ClFNO2/c12-9-7-8(13)4-5-10(9)14-11(16)3-1-2-6-15/h4-5,7,15H,1-3,6H2,(H,14,16). The van der Waals surface area contributed by atoms with Gasteiger partial charge in [0.2, 0.25) is 5.91 Å². The fraction of sp³-hybridized carbons (Fsp3) is 0.364. The van der Waals surface area contributed by atoms with Gasteiger partial charge in [0, 0.05) is 13.0 Å². The van der Waals surface area contributed by atoms with Gasteiger partial charge in [-0.1, -0.05) is 11.6 Å². The maximum Gasteiger partial charge on any atom is 0.224 e. The van der Waals surface area contributed by atoms with Crippen molar-refractivity contribution in [2.75, 3.05) is 11.9 Å². The normalized spacial score (nSPS) is 10.2. The van der Waals surface area contributed by atoms with Crippen LogP contribution in [-0.2, 0) is 4.79 Å². The molecule has 88 valence electrons. The summed E-state index contributed by atoms with van der Waals surface area (Å²) in [4.78, 5) is 11.4. The van der Waals surface area contributed by atoms with Gasteiger partial charge in [-0.05, 0) is 31.0 Å².